The predicted octanol–water partition coefficient (Wildman–Crippen LogP) is 4.47. The van der Waals surface area contributed by atoms with Crippen molar-refractivity contribution in [2.45, 2.75) is 6.92 Å². The van der Waals surface area contributed by atoms with Crippen LogP contribution in [0.2, 0.25) is 0 Å². The van der Waals surface area contributed by atoms with Crippen LogP contribution in [0.3, 0.4) is 0 Å². The number of nitrogens with zero attached hydrogens (tertiary/aromatic N) is 3. The third-order valence-corrected chi connectivity index (χ3v) is 2.72. The van der Waals surface area contributed by atoms with Crippen LogP contribution in [0.1, 0.15) is 11.1 Å². The van der Waals surface area contributed by atoms with Crippen molar-refractivity contribution in [3.8, 4) is 0 Å². The van der Waals surface area contributed by atoms with Crippen LogP contribution < -0.4 is 0 Å². The molecule has 2 aromatic carbocycles. The number of hydrogen-bond donors (Lipinski definition) is 0. The largest absolute Gasteiger partial charge is 0.0899 e. The lowest BCUT2D eigenvalue weighted by atomic mass is 9.99. The van der Waals surface area contributed by atoms with E-state index in [1.165, 1.54) is 21.9 Å². The average Bonchev–Trinajstić information content (AvgIpc) is 2.37. The van der Waals surface area contributed by atoms with Gasteiger partial charge in [-0.2, -0.15) is 0 Å². The van der Waals surface area contributed by atoms with Gasteiger partial charge in [0.15, 0.2) is 0 Å². The third-order valence-electron chi connectivity index (χ3n) is 2.72. The number of hydrogen-bond acceptors (Lipinski definition) is 1. The standard InChI is InChI=1S/C14H13N3/c1-11-8-9-12-5-2-3-6-14(12)13(11)7-4-10-16-17-15/h2-9H,10H2,1H3. The summed E-state index contributed by atoms with van der Waals surface area (Å²) < 4.78 is 0. The fourth-order valence-electron chi connectivity index (χ4n) is 1.88. The van der Waals surface area contributed by atoms with Crippen LogP contribution in [-0.2, 0) is 0 Å². The maximum atomic E-state index is 8.21. The first kappa shape index (κ1) is 11.2. The van der Waals surface area contributed by atoms with Crippen molar-refractivity contribution in [3.05, 3.63) is 64.0 Å². The first-order chi connectivity index (χ1) is 8.33. The van der Waals surface area contributed by atoms with E-state index in [-0.39, 0.29) is 0 Å². The third kappa shape index (κ3) is 2.47. The monoisotopic (exact) mass is 223 g/mol. The van der Waals surface area contributed by atoms with Crippen molar-refractivity contribution in [1.82, 2.24) is 0 Å². The fourth-order valence-corrected chi connectivity index (χ4v) is 1.88. The lowest BCUT2D eigenvalue weighted by molar-refractivity contribution is 1.22. The molecule has 0 aliphatic heterocycles. The summed E-state index contributed by atoms with van der Waals surface area (Å²) >= 11 is 0. The molecule has 0 saturated carbocycles. The molecule has 0 amide bonds. The smallest absolute Gasteiger partial charge is 0.0443 e. The van der Waals surface area contributed by atoms with Crippen LogP contribution >= 0.6 is 0 Å². The number of aryl methyl sites for hydroxylation is 1. The Morgan fingerprint density at radius 3 is 2.88 bits per heavy atom. The highest BCUT2D eigenvalue weighted by molar-refractivity contribution is 5.91. The van der Waals surface area contributed by atoms with Gasteiger partial charge in [-0.1, -0.05) is 53.7 Å². The SMILES string of the molecule is Cc1ccc2ccccc2c1C=CCN=[N+]=[N-]. The van der Waals surface area contributed by atoms with Gasteiger partial charge in [0.2, 0.25) is 0 Å². The second kappa shape index (κ2) is 5.19. The van der Waals surface area contributed by atoms with Crippen molar-refractivity contribution in [2.75, 3.05) is 6.54 Å². The van der Waals surface area contributed by atoms with Gasteiger partial charge in [-0.25, -0.2) is 0 Å². The Hall–Kier alpha value is -2.25. The Morgan fingerprint density at radius 2 is 2.06 bits per heavy atom. The van der Waals surface area contributed by atoms with Crippen molar-refractivity contribution >= 4 is 16.8 Å². The van der Waals surface area contributed by atoms with Gasteiger partial charge >= 0.3 is 0 Å². The van der Waals surface area contributed by atoms with Crippen LogP contribution in [0.4, 0.5) is 0 Å². The molecular formula is C14H13N3. The molecule has 0 fully saturated rings. The summed E-state index contributed by atoms with van der Waals surface area (Å²) in [4.78, 5) is 2.73. The van der Waals surface area contributed by atoms with Crippen LogP contribution in [-0.4, -0.2) is 6.54 Å². The zero-order valence-electron chi connectivity index (χ0n) is 9.67. The Kier molecular flexibility index (Phi) is 3.43. The highest BCUT2D eigenvalue weighted by Crippen LogP contribution is 2.23. The molecule has 2 rings (SSSR count). The summed E-state index contributed by atoms with van der Waals surface area (Å²) in [5, 5.41) is 5.94. The molecule has 0 unspecified atom stereocenters. The van der Waals surface area contributed by atoms with Crippen LogP contribution in [0.5, 0.6) is 0 Å². The molecule has 0 spiro atoms. The Labute approximate surface area is 100 Å². The topological polar surface area (TPSA) is 48.8 Å². The van der Waals surface area contributed by atoms with Crippen LogP contribution in [0.15, 0.2) is 47.6 Å². The van der Waals surface area contributed by atoms with E-state index in [4.69, 9.17) is 5.53 Å². The number of rotatable bonds is 3. The maximum Gasteiger partial charge on any atom is 0.0443 e. The molecule has 0 heterocycles. The van der Waals surface area contributed by atoms with E-state index in [1.54, 1.807) is 0 Å². The summed E-state index contributed by atoms with van der Waals surface area (Å²) in [6.07, 6.45) is 3.90. The van der Waals surface area contributed by atoms with E-state index in [2.05, 4.69) is 41.2 Å². The highest BCUT2D eigenvalue weighted by Gasteiger charge is 2.00. The molecule has 17 heavy (non-hydrogen) atoms. The molecule has 0 radical (unpaired) electrons. The van der Waals surface area contributed by atoms with Gasteiger partial charge in [-0.3, -0.25) is 0 Å². The number of benzene rings is 2. The molecule has 0 aliphatic rings. The fraction of sp³-hybridized carbons (Fsp3) is 0.143. The maximum absolute atomic E-state index is 8.21. The first-order valence-corrected chi connectivity index (χ1v) is 5.48. The van der Waals surface area contributed by atoms with Gasteiger partial charge in [0, 0.05) is 11.5 Å². The Morgan fingerprint density at radius 1 is 1.24 bits per heavy atom. The van der Waals surface area contributed by atoms with Gasteiger partial charge in [0.05, 0.1) is 0 Å². The number of azide groups is 1. The van der Waals surface area contributed by atoms with Crippen molar-refractivity contribution in [1.29, 1.82) is 0 Å². The summed E-state index contributed by atoms with van der Waals surface area (Å²) in [5.74, 6) is 0. The molecule has 0 bridgehead atoms. The molecule has 0 atom stereocenters. The molecule has 3 heteroatoms. The summed E-state index contributed by atoms with van der Waals surface area (Å²) in [6, 6.07) is 12.5. The lowest BCUT2D eigenvalue weighted by Gasteiger charge is -2.05. The molecule has 84 valence electrons. The zero-order valence-corrected chi connectivity index (χ0v) is 9.67. The summed E-state index contributed by atoms with van der Waals surface area (Å²) in [5.41, 5.74) is 10.6. The minimum Gasteiger partial charge on any atom is -0.0899 e. The lowest BCUT2D eigenvalue weighted by Crippen LogP contribution is -1.84. The summed E-state index contributed by atoms with van der Waals surface area (Å²) in [6.45, 7) is 2.47. The minimum absolute atomic E-state index is 0.388. The van der Waals surface area contributed by atoms with E-state index in [1.807, 2.05) is 24.3 Å². The quantitative estimate of drug-likeness (QED) is 0.418. The molecule has 3 nitrogen and oxygen atoms in total. The molecular weight excluding hydrogens is 210 g/mol. The second-order valence-electron chi connectivity index (χ2n) is 3.83. The zero-order chi connectivity index (χ0) is 12.1. The van der Waals surface area contributed by atoms with Gasteiger partial charge in [-0.05, 0) is 34.4 Å². The number of fused-ring (bicyclic) bond motifs is 1. The highest BCUT2D eigenvalue weighted by atomic mass is 15.1. The van der Waals surface area contributed by atoms with E-state index in [0.717, 1.165) is 0 Å². The average molecular weight is 223 g/mol. The van der Waals surface area contributed by atoms with Crippen molar-refractivity contribution < 1.29 is 0 Å². The van der Waals surface area contributed by atoms with Crippen molar-refractivity contribution in [2.24, 2.45) is 5.11 Å². The summed E-state index contributed by atoms with van der Waals surface area (Å²) in [7, 11) is 0. The molecule has 0 saturated heterocycles. The molecule has 0 N–H and O–H groups in total. The Balaban J connectivity index is 2.47. The first-order valence-electron chi connectivity index (χ1n) is 5.48. The molecule has 2 aromatic rings. The normalized spacial score (nSPS) is 10.6. The van der Waals surface area contributed by atoms with Gasteiger partial charge < -0.3 is 0 Å². The van der Waals surface area contributed by atoms with Gasteiger partial charge in [0.1, 0.15) is 0 Å². The van der Waals surface area contributed by atoms with Gasteiger partial charge in [0.25, 0.3) is 0 Å². The van der Waals surface area contributed by atoms with Crippen LogP contribution in [0, 0.1) is 6.92 Å². The second-order valence-corrected chi connectivity index (χ2v) is 3.83. The minimum atomic E-state index is 0.388. The molecule has 0 aromatic heterocycles. The Bertz CT molecular complexity index is 608. The predicted molar refractivity (Wildman–Crippen MR) is 71.7 cm³/mol. The van der Waals surface area contributed by atoms with Gasteiger partial charge in [-0.15, -0.1) is 0 Å². The van der Waals surface area contributed by atoms with Crippen LogP contribution in [0.25, 0.3) is 27.3 Å². The van der Waals surface area contributed by atoms with E-state index < -0.39 is 0 Å². The molecule has 0 aliphatic carbocycles. The van der Waals surface area contributed by atoms with Crippen molar-refractivity contribution in [3.63, 3.8) is 0 Å². The van der Waals surface area contributed by atoms with E-state index >= 15 is 0 Å². The van der Waals surface area contributed by atoms with E-state index in [0.29, 0.717) is 6.54 Å². The van der Waals surface area contributed by atoms with E-state index in [9.17, 15) is 0 Å².